The molecule has 3 aliphatic heterocycles. The largest absolute Gasteiger partial charge is 0.737 e. The number of imide groups is 1. The van der Waals surface area contributed by atoms with Crippen molar-refractivity contribution in [1.82, 2.24) is 4.48 Å². The highest BCUT2D eigenvalue weighted by Gasteiger charge is 2.52. The number of nitrogens with zero attached hydrogens (tertiary/aromatic N) is 3. The van der Waals surface area contributed by atoms with Gasteiger partial charge in [0.2, 0.25) is 17.7 Å². The highest BCUT2D eigenvalue weighted by molar-refractivity contribution is 9.10. The van der Waals surface area contributed by atoms with Gasteiger partial charge in [0.25, 0.3) is 0 Å². The van der Waals surface area contributed by atoms with Crippen LogP contribution < -0.4 is 4.90 Å². The molecule has 5 rings (SSSR count). The number of anilines is 1. The Bertz CT molecular complexity index is 1110. The van der Waals surface area contributed by atoms with Crippen LogP contribution in [-0.2, 0) is 9.59 Å². The van der Waals surface area contributed by atoms with Crippen molar-refractivity contribution in [3.8, 4) is 0 Å². The maximum Gasteiger partial charge on any atom is 0.737 e. The molecule has 0 saturated carbocycles. The van der Waals surface area contributed by atoms with E-state index in [4.69, 9.17) is 4.42 Å². The molecule has 0 unspecified atom stereocenters. The van der Waals surface area contributed by atoms with E-state index in [-0.39, 0.29) is 30.5 Å². The number of hydrogen-bond donors (Lipinski definition) is 0. The molecule has 1 fully saturated rings. The van der Waals surface area contributed by atoms with Gasteiger partial charge in [0.15, 0.2) is 10.4 Å². The average Bonchev–Trinajstić information content (AvgIpc) is 3.36. The normalized spacial score (nSPS) is 20.4. The zero-order valence-electron chi connectivity index (χ0n) is 13.7. The standard InChI is InChI=1S/C17H11BBrF2N3O3/c19-13-9-10(17(27-13)24-14(25)5-6-15(24)26)16-11-3-1-7-22(11)18(20,21)23-8-2-4-12(16)23/h1-4,7-9H,5-6H2. The lowest BCUT2D eigenvalue weighted by molar-refractivity contribution is -0.356. The fraction of sp³-hybridized carbons (Fsp3) is 0.118. The lowest BCUT2D eigenvalue weighted by atomic mass is 9.87. The number of carbonyl (C=O) groups excluding carboxylic acids is 2. The minimum absolute atomic E-state index is 0.0441. The first-order valence-electron chi connectivity index (χ1n) is 8.29. The third kappa shape index (κ3) is 2.13. The summed E-state index contributed by atoms with van der Waals surface area (Å²) in [7, 11) is 0. The van der Waals surface area contributed by atoms with Gasteiger partial charge in [0.05, 0.1) is 11.1 Å². The number of carbonyl (C=O) groups is 2. The second-order valence-electron chi connectivity index (χ2n) is 6.46. The van der Waals surface area contributed by atoms with Crippen LogP contribution >= 0.6 is 15.9 Å². The van der Waals surface area contributed by atoms with Crippen molar-refractivity contribution in [2.24, 2.45) is 0 Å². The Morgan fingerprint density at radius 2 is 1.96 bits per heavy atom. The Labute approximate surface area is 160 Å². The van der Waals surface area contributed by atoms with Crippen molar-refractivity contribution in [1.29, 1.82) is 0 Å². The van der Waals surface area contributed by atoms with Crippen LogP contribution in [0.4, 0.5) is 14.5 Å². The Morgan fingerprint density at radius 1 is 1.22 bits per heavy atom. The first-order valence-corrected chi connectivity index (χ1v) is 9.08. The lowest BCUT2D eigenvalue weighted by Crippen LogP contribution is -2.49. The van der Waals surface area contributed by atoms with Crippen LogP contribution in [0.2, 0.25) is 0 Å². The van der Waals surface area contributed by atoms with E-state index in [0.29, 0.717) is 27.2 Å². The zero-order valence-corrected chi connectivity index (χ0v) is 15.3. The summed E-state index contributed by atoms with van der Waals surface area (Å²) in [5.74, 6) is -0.706. The topological polar surface area (TPSA) is 58.5 Å². The Morgan fingerprint density at radius 3 is 2.70 bits per heavy atom. The van der Waals surface area contributed by atoms with Gasteiger partial charge in [-0.25, -0.2) is 4.90 Å². The fourth-order valence-electron chi connectivity index (χ4n) is 3.79. The van der Waals surface area contributed by atoms with Gasteiger partial charge in [0.1, 0.15) is 6.21 Å². The van der Waals surface area contributed by atoms with Crippen molar-refractivity contribution in [3.63, 3.8) is 0 Å². The molecular formula is C17H11BBrF2N3O3. The van der Waals surface area contributed by atoms with Crippen molar-refractivity contribution in [3.05, 3.63) is 58.2 Å². The molecular weight excluding hydrogens is 423 g/mol. The number of fused-ring (bicyclic) bond motifs is 2. The van der Waals surface area contributed by atoms with Crippen molar-refractivity contribution < 1.29 is 27.1 Å². The summed E-state index contributed by atoms with van der Waals surface area (Å²) in [6.07, 6.45) is 5.95. The average molecular weight is 434 g/mol. The van der Waals surface area contributed by atoms with E-state index in [2.05, 4.69) is 15.9 Å². The van der Waals surface area contributed by atoms with Gasteiger partial charge in [-0.3, -0.25) is 9.59 Å². The molecule has 0 aromatic carbocycles. The molecule has 136 valence electrons. The summed E-state index contributed by atoms with van der Waals surface area (Å²) in [6.45, 7) is -4.03. The minimum Gasteiger partial charge on any atom is -0.432 e. The van der Waals surface area contributed by atoms with E-state index in [1.807, 2.05) is 0 Å². The third-order valence-corrected chi connectivity index (χ3v) is 5.34. The molecule has 0 aliphatic carbocycles. The van der Waals surface area contributed by atoms with Crippen LogP contribution in [0.3, 0.4) is 0 Å². The number of hydrogen-bond acceptors (Lipinski definition) is 3. The lowest BCUT2D eigenvalue weighted by Gasteiger charge is -2.30. The number of aromatic nitrogens is 1. The number of furan rings is 1. The van der Waals surface area contributed by atoms with Crippen molar-refractivity contribution >= 4 is 52.4 Å². The molecule has 0 radical (unpaired) electrons. The molecule has 10 heteroatoms. The van der Waals surface area contributed by atoms with Crippen molar-refractivity contribution in [2.75, 3.05) is 4.90 Å². The maximum absolute atomic E-state index is 14.9. The van der Waals surface area contributed by atoms with Gasteiger partial charge in [0, 0.05) is 36.8 Å². The molecule has 0 atom stereocenters. The SMILES string of the molecule is O=C1CCC(=O)N1c1oc(Br)cc1C1=C2C=CC=[N+]2[B-](F)(F)n2cccc21. The first kappa shape index (κ1) is 16.4. The molecule has 2 amide bonds. The van der Waals surface area contributed by atoms with Crippen LogP contribution in [0, 0.1) is 0 Å². The van der Waals surface area contributed by atoms with E-state index in [9.17, 15) is 18.2 Å². The van der Waals surface area contributed by atoms with Gasteiger partial charge in [-0.2, -0.15) is 0 Å². The first-order chi connectivity index (χ1) is 12.9. The van der Waals surface area contributed by atoms with Gasteiger partial charge >= 0.3 is 6.97 Å². The van der Waals surface area contributed by atoms with E-state index < -0.39 is 6.97 Å². The maximum atomic E-state index is 14.9. The van der Waals surface area contributed by atoms with Gasteiger partial charge in [-0.05, 0) is 34.3 Å². The third-order valence-electron chi connectivity index (χ3n) is 4.95. The molecule has 1 saturated heterocycles. The Kier molecular flexibility index (Phi) is 3.28. The van der Waals surface area contributed by atoms with E-state index in [0.717, 1.165) is 13.9 Å². The molecule has 5 heterocycles. The molecule has 2 aromatic rings. The van der Waals surface area contributed by atoms with Crippen LogP contribution in [-0.4, -0.2) is 34.0 Å². The van der Waals surface area contributed by atoms with Gasteiger partial charge < -0.3 is 22.0 Å². The zero-order chi connectivity index (χ0) is 18.9. The molecule has 27 heavy (non-hydrogen) atoms. The quantitative estimate of drug-likeness (QED) is 0.540. The Balaban J connectivity index is 1.80. The second-order valence-corrected chi connectivity index (χ2v) is 7.24. The Hall–Kier alpha value is -2.75. The monoisotopic (exact) mass is 433 g/mol. The predicted molar refractivity (Wildman–Crippen MR) is 97.4 cm³/mol. The van der Waals surface area contributed by atoms with Crippen LogP contribution in [0.5, 0.6) is 0 Å². The summed E-state index contributed by atoms with van der Waals surface area (Å²) >= 11 is 3.23. The number of halogens is 3. The van der Waals surface area contributed by atoms with E-state index in [1.54, 1.807) is 30.4 Å². The van der Waals surface area contributed by atoms with Gasteiger partial charge in [-0.15, -0.1) is 0 Å². The van der Waals surface area contributed by atoms with Crippen LogP contribution in [0.15, 0.2) is 51.3 Å². The number of amides is 2. The molecule has 2 aromatic heterocycles. The molecule has 0 bridgehead atoms. The fourth-order valence-corrected chi connectivity index (χ4v) is 4.18. The van der Waals surface area contributed by atoms with Crippen LogP contribution in [0.25, 0.3) is 5.57 Å². The van der Waals surface area contributed by atoms with Gasteiger partial charge in [-0.1, -0.05) is 0 Å². The number of rotatable bonds is 2. The summed E-state index contributed by atoms with van der Waals surface area (Å²) in [6, 6.07) is 4.72. The van der Waals surface area contributed by atoms with E-state index >= 15 is 0 Å². The number of allylic oxidation sites excluding steroid dienone is 2. The molecule has 6 nitrogen and oxygen atoms in total. The van der Waals surface area contributed by atoms with E-state index in [1.165, 1.54) is 12.4 Å². The molecule has 0 N–H and O–H groups in total. The molecule has 0 spiro atoms. The highest BCUT2D eigenvalue weighted by Crippen LogP contribution is 2.44. The summed E-state index contributed by atoms with van der Waals surface area (Å²) in [4.78, 5) is 25.4. The predicted octanol–water partition coefficient (Wildman–Crippen LogP) is 3.15. The van der Waals surface area contributed by atoms with Crippen molar-refractivity contribution in [2.45, 2.75) is 12.8 Å². The minimum atomic E-state index is -4.03. The highest BCUT2D eigenvalue weighted by atomic mass is 79.9. The van der Waals surface area contributed by atoms with Crippen LogP contribution in [0.1, 0.15) is 24.1 Å². The second kappa shape index (κ2) is 5.38. The summed E-state index contributed by atoms with van der Waals surface area (Å²) in [5.41, 5.74) is 1.45. The molecule has 3 aliphatic rings. The summed E-state index contributed by atoms with van der Waals surface area (Å²) < 4.78 is 37.5. The summed E-state index contributed by atoms with van der Waals surface area (Å²) in [5, 5.41) is 0. The smallest absolute Gasteiger partial charge is 0.432 e.